The maximum Gasteiger partial charge on any atom is 0.338 e. The number of benzene rings is 1. The molecule has 0 unspecified atom stereocenters. The van der Waals surface area contributed by atoms with Crippen LogP contribution in [0.15, 0.2) is 46.4 Å². The van der Waals surface area contributed by atoms with E-state index in [1.807, 2.05) is 49.6 Å². The maximum atomic E-state index is 12.1. The van der Waals surface area contributed by atoms with E-state index < -0.39 is 0 Å². The highest BCUT2D eigenvalue weighted by molar-refractivity contribution is 7.13. The molecule has 3 rings (SSSR count). The second-order valence-corrected chi connectivity index (χ2v) is 6.02. The van der Waals surface area contributed by atoms with Crippen LogP contribution in [0.2, 0.25) is 0 Å². The Bertz CT molecular complexity index is 770. The molecule has 0 radical (unpaired) electrons. The van der Waals surface area contributed by atoms with Gasteiger partial charge < -0.3 is 9.15 Å². The number of carbonyl (C=O) groups is 1. The monoisotopic (exact) mass is 313 g/mol. The van der Waals surface area contributed by atoms with Gasteiger partial charge in [0.05, 0.1) is 10.4 Å². The van der Waals surface area contributed by atoms with Crippen molar-refractivity contribution in [2.24, 2.45) is 0 Å². The third kappa shape index (κ3) is 3.26. The van der Waals surface area contributed by atoms with Gasteiger partial charge in [-0.15, -0.1) is 11.3 Å². The van der Waals surface area contributed by atoms with Gasteiger partial charge in [0.25, 0.3) is 0 Å². The van der Waals surface area contributed by atoms with Crippen LogP contribution in [0.1, 0.15) is 27.2 Å². The maximum absolute atomic E-state index is 12.1. The summed E-state index contributed by atoms with van der Waals surface area (Å²) >= 11 is 1.55. The van der Waals surface area contributed by atoms with Gasteiger partial charge >= 0.3 is 5.97 Å². The Kier molecular flexibility index (Phi) is 4.06. The molecule has 0 aliphatic rings. The summed E-state index contributed by atoms with van der Waals surface area (Å²) in [5.41, 5.74) is 3.22. The molecule has 0 spiro atoms. The Morgan fingerprint density at radius 2 is 2.05 bits per heavy atom. The molecule has 0 atom stereocenters. The van der Waals surface area contributed by atoms with Crippen molar-refractivity contribution in [2.45, 2.75) is 20.5 Å². The molecule has 112 valence electrons. The van der Waals surface area contributed by atoms with Gasteiger partial charge in [-0.25, -0.2) is 9.78 Å². The summed E-state index contributed by atoms with van der Waals surface area (Å²) < 4.78 is 10.7. The number of carbonyl (C=O) groups excluding carboxylic acids is 1. The molecule has 5 heteroatoms. The zero-order valence-corrected chi connectivity index (χ0v) is 13.1. The first-order valence-electron chi connectivity index (χ1n) is 6.85. The van der Waals surface area contributed by atoms with Crippen molar-refractivity contribution in [3.05, 3.63) is 64.4 Å². The minimum absolute atomic E-state index is 0.0979. The predicted octanol–water partition coefficient (Wildman–Crippen LogP) is 4.38. The van der Waals surface area contributed by atoms with Crippen molar-refractivity contribution in [1.82, 2.24) is 4.98 Å². The molecule has 0 aliphatic carbocycles. The quantitative estimate of drug-likeness (QED) is 0.671. The molecular formula is C17H15NO3S. The molecule has 0 bridgehead atoms. The van der Waals surface area contributed by atoms with E-state index in [1.165, 1.54) is 6.26 Å². The molecular weight excluding hydrogens is 298 g/mol. The van der Waals surface area contributed by atoms with Crippen LogP contribution in [-0.4, -0.2) is 11.0 Å². The average Bonchev–Trinajstić information content (AvgIpc) is 3.14. The van der Waals surface area contributed by atoms with Crippen molar-refractivity contribution in [1.29, 1.82) is 0 Å². The van der Waals surface area contributed by atoms with Gasteiger partial charge in [0.15, 0.2) is 0 Å². The second kappa shape index (κ2) is 6.15. The van der Waals surface area contributed by atoms with Gasteiger partial charge in [0.2, 0.25) is 5.89 Å². The van der Waals surface area contributed by atoms with Crippen molar-refractivity contribution in [3.8, 4) is 10.8 Å². The minimum Gasteiger partial charge on any atom is -0.455 e. The van der Waals surface area contributed by atoms with Crippen LogP contribution in [0.5, 0.6) is 0 Å². The Morgan fingerprint density at radius 3 is 2.73 bits per heavy atom. The predicted molar refractivity (Wildman–Crippen MR) is 84.9 cm³/mol. The van der Waals surface area contributed by atoms with Gasteiger partial charge in [0.1, 0.15) is 18.6 Å². The van der Waals surface area contributed by atoms with E-state index in [0.717, 1.165) is 16.0 Å². The van der Waals surface area contributed by atoms with Crippen LogP contribution in [0.3, 0.4) is 0 Å². The summed E-state index contributed by atoms with van der Waals surface area (Å²) in [5, 5.41) is 1.96. The fourth-order valence-electron chi connectivity index (χ4n) is 2.20. The number of thiophene rings is 1. The summed E-state index contributed by atoms with van der Waals surface area (Å²) in [5.74, 6) is 0.194. The van der Waals surface area contributed by atoms with E-state index in [2.05, 4.69) is 4.98 Å². The van der Waals surface area contributed by atoms with Crippen LogP contribution in [0.25, 0.3) is 10.8 Å². The highest BCUT2D eigenvalue weighted by Gasteiger charge is 2.12. The summed E-state index contributed by atoms with van der Waals surface area (Å²) in [7, 11) is 0. The SMILES string of the molecule is Cc1cc(C)cc(C(=O)OCc2coc(-c3cccs3)n2)c1. The van der Waals surface area contributed by atoms with Crippen molar-refractivity contribution in [2.75, 3.05) is 0 Å². The lowest BCUT2D eigenvalue weighted by molar-refractivity contribution is 0.0467. The van der Waals surface area contributed by atoms with Gasteiger partial charge in [-0.3, -0.25) is 0 Å². The summed E-state index contributed by atoms with van der Waals surface area (Å²) in [6.07, 6.45) is 1.52. The molecule has 2 heterocycles. The molecule has 0 N–H and O–H groups in total. The van der Waals surface area contributed by atoms with E-state index in [1.54, 1.807) is 11.3 Å². The number of aryl methyl sites for hydroxylation is 2. The van der Waals surface area contributed by atoms with E-state index in [-0.39, 0.29) is 12.6 Å². The first kappa shape index (κ1) is 14.5. The van der Waals surface area contributed by atoms with Gasteiger partial charge in [0, 0.05) is 0 Å². The van der Waals surface area contributed by atoms with Crippen LogP contribution >= 0.6 is 11.3 Å². The number of oxazole rings is 1. The van der Waals surface area contributed by atoms with E-state index >= 15 is 0 Å². The number of ether oxygens (including phenoxy) is 1. The number of rotatable bonds is 4. The highest BCUT2D eigenvalue weighted by Crippen LogP contribution is 2.23. The fourth-order valence-corrected chi connectivity index (χ4v) is 2.86. The first-order chi connectivity index (χ1) is 10.6. The molecule has 0 saturated heterocycles. The van der Waals surface area contributed by atoms with Crippen LogP contribution in [-0.2, 0) is 11.3 Å². The molecule has 4 nitrogen and oxygen atoms in total. The van der Waals surface area contributed by atoms with Crippen LogP contribution in [0, 0.1) is 13.8 Å². The number of hydrogen-bond donors (Lipinski definition) is 0. The van der Waals surface area contributed by atoms with Crippen molar-refractivity contribution >= 4 is 17.3 Å². The molecule has 0 saturated carbocycles. The van der Waals surface area contributed by atoms with Gasteiger partial charge in [-0.05, 0) is 37.4 Å². The van der Waals surface area contributed by atoms with Crippen molar-refractivity contribution < 1.29 is 13.9 Å². The molecule has 22 heavy (non-hydrogen) atoms. The molecule has 0 fully saturated rings. The highest BCUT2D eigenvalue weighted by atomic mass is 32.1. The molecule has 3 aromatic rings. The minimum atomic E-state index is -0.354. The normalized spacial score (nSPS) is 10.6. The average molecular weight is 313 g/mol. The molecule has 1 aromatic carbocycles. The summed E-state index contributed by atoms with van der Waals surface area (Å²) in [4.78, 5) is 17.4. The van der Waals surface area contributed by atoms with E-state index in [0.29, 0.717) is 17.1 Å². The first-order valence-corrected chi connectivity index (χ1v) is 7.73. The Morgan fingerprint density at radius 1 is 1.27 bits per heavy atom. The van der Waals surface area contributed by atoms with Gasteiger partial charge in [-0.1, -0.05) is 23.3 Å². The van der Waals surface area contributed by atoms with E-state index in [4.69, 9.17) is 9.15 Å². The third-order valence-corrected chi connectivity index (χ3v) is 3.95. The molecule has 2 aromatic heterocycles. The van der Waals surface area contributed by atoms with Gasteiger partial charge in [-0.2, -0.15) is 0 Å². The lowest BCUT2D eigenvalue weighted by Gasteiger charge is -2.05. The Balaban J connectivity index is 1.66. The van der Waals surface area contributed by atoms with Crippen LogP contribution in [0.4, 0.5) is 0 Å². The number of aromatic nitrogens is 1. The number of hydrogen-bond acceptors (Lipinski definition) is 5. The zero-order chi connectivity index (χ0) is 15.5. The topological polar surface area (TPSA) is 52.3 Å². The summed E-state index contributed by atoms with van der Waals surface area (Å²) in [6.45, 7) is 4.00. The zero-order valence-electron chi connectivity index (χ0n) is 12.3. The number of esters is 1. The smallest absolute Gasteiger partial charge is 0.338 e. The Labute approximate surface area is 132 Å². The molecule has 0 amide bonds. The number of nitrogens with zero attached hydrogens (tertiary/aromatic N) is 1. The van der Waals surface area contributed by atoms with E-state index in [9.17, 15) is 4.79 Å². The lowest BCUT2D eigenvalue weighted by Crippen LogP contribution is -2.06. The molecule has 0 aliphatic heterocycles. The standard InChI is InChI=1S/C17H15NO3S/c1-11-6-12(2)8-13(7-11)17(19)21-10-14-9-20-16(18-14)15-4-3-5-22-15/h3-9H,10H2,1-2H3. The van der Waals surface area contributed by atoms with Crippen molar-refractivity contribution in [3.63, 3.8) is 0 Å². The lowest BCUT2D eigenvalue weighted by atomic mass is 10.1. The fraction of sp³-hybridized carbons (Fsp3) is 0.176. The largest absolute Gasteiger partial charge is 0.455 e. The second-order valence-electron chi connectivity index (χ2n) is 5.07. The third-order valence-electron chi connectivity index (χ3n) is 3.09. The summed E-state index contributed by atoms with van der Waals surface area (Å²) in [6, 6.07) is 9.51. The Hall–Kier alpha value is -2.40. The van der Waals surface area contributed by atoms with Crippen LogP contribution < -0.4 is 0 Å².